The van der Waals surface area contributed by atoms with Gasteiger partial charge in [-0.1, -0.05) is 32.4 Å². The van der Waals surface area contributed by atoms with Crippen LogP contribution in [0.4, 0.5) is 0 Å². The second-order valence-corrected chi connectivity index (χ2v) is 6.20. The molecule has 1 aromatic rings. The molecule has 1 N–H and O–H groups in total. The van der Waals surface area contributed by atoms with Gasteiger partial charge in [0, 0.05) is 18.2 Å². The van der Waals surface area contributed by atoms with Gasteiger partial charge in [0.25, 0.3) is 0 Å². The number of hydrogen-bond acceptors (Lipinski definition) is 3. The molecule has 1 aliphatic rings. The molecule has 3 nitrogen and oxygen atoms in total. The molecule has 0 amide bonds. The Labute approximate surface area is 122 Å². The van der Waals surface area contributed by atoms with E-state index >= 15 is 0 Å². The van der Waals surface area contributed by atoms with Crippen LogP contribution in [0.25, 0.3) is 0 Å². The number of rotatable bonds is 6. The molecule has 0 spiro atoms. The Balaban J connectivity index is 2.07. The first-order chi connectivity index (χ1) is 9.58. The number of benzene rings is 1. The SMILES string of the molecule is CCOc1cccc(CNC2CCCC2(C)C)c1OC. The zero-order chi connectivity index (χ0) is 14.6. The molecule has 1 aromatic carbocycles. The summed E-state index contributed by atoms with van der Waals surface area (Å²) in [5.74, 6) is 1.69. The van der Waals surface area contributed by atoms with Crippen molar-refractivity contribution in [3.05, 3.63) is 23.8 Å². The molecule has 0 bridgehead atoms. The van der Waals surface area contributed by atoms with E-state index in [1.54, 1.807) is 7.11 Å². The summed E-state index contributed by atoms with van der Waals surface area (Å²) in [6.07, 6.45) is 3.89. The molecular weight excluding hydrogens is 250 g/mol. The van der Waals surface area contributed by atoms with Crippen LogP contribution in [0, 0.1) is 5.41 Å². The van der Waals surface area contributed by atoms with Crippen molar-refractivity contribution in [1.29, 1.82) is 0 Å². The van der Waals surface area contributed by atoms with E-state index < -0.39 is 0 Å². The van der Waals surface area contributed by atoms with Gasteiger partial charge in [0.2, 0.25) is 0 Å². The van der Waals surface area contributed by atoms with E-state index in [9.17, 15) is 0 Å². The molecule has 1 saturated carbocycles. The Morgan fingerprint density at radius 2 is 2.15 bits per heavy atom. The van der Waals surface area contributed by atoms with Gasteiger partial charge in [0.15, 0.2) is 11.5 Å². The lowest BCUT2D eigenvalue weighted by Crippen LogP contribution is -2.37. The molecule has 20 heavy (non-hydrogen) atoms. The number of ether oxygens (including phenoxy) is 2. The van der Waals surface area contributed by atoms with Crippen molar-refractivity contribution >= 4 is 0 Å². The predicted molar refractivity (Wildman–Crippen MR) is 82.4 cm³/mol. The minimum atomic E-state index is 0.394. The highest BCUT2D eigenvalue weighted by Gasteiger charge is 2.33. The highest BCUT2D eigenvalue weighted by atomic mass is 16.5. The van der Waals surface area contributed by atoms with Crippen LogP contribution in [0.1, 0.15) is 45.6 Å². The lowest BCUT2D eigenvalue weighted by Gasteiger charge is -2.28. The van der Waals surface area contributed by atoms with Gasteiger partial charge in [-0.3, -0.25) is 0 Å². The van der Waals surface area contributed by atoms with Gasteiger partial charge in [0.1, 0.15) is 0 Å². The molecule has 1 atom stereocenters. The third-order valence-electron chi connectivity index (χ3n) is 4.36. The zero-order valence-corrected chi connectivity index (χ0v) is 13.2. The van der Waals surface area contributed by atoms with E-state index in [1.807, 2.05) is 19.1 Å². The third-order valence-corrected chi connectivity index (χ3v) is 4.36. The minimum absolute atomic E-state index is 0.394. The Morgan fingerprint density at radius 1 is 1.35 bits per heavy atom. The number of methoxy groups -OCH3 is 1. The Bertz CT molecular complexity index is 443. The molecule has 112 valence electrons. The van der Waals surface area contributed by atoms with Gasteiger partial charge in [-0.15, -0.1) is 0 Å². The topological polar surface area (TPSA) is 30.5 Å². The van der Waals surface area contributed by atoms with Crippen molar-refractivity contribution in [2.45, 2.75) is 52.6 Å². The van der Waals surface area contributed by atoms with Gasteiger partial charge in [-0.05, 0) is 31.2 Å². The van der Waals surface area contributed by atoms with E-state index in [2.05, 4.69) is 25.2 Å². The first-order valence-electron chi connectivity index (χ1n) is 7.60. The highest BCUT2D eigenvalue weighted by Crippen LogP contribution is 2.38. The lowest BCUT2D eigenvalue weighted by atomic mass is 9.87. The van der Waals surface area contributed by atoms with E-state index in [1.165, 1.54) is 24.8 Å². The lowest BCUT2D eigenvalue weighted by molar-refractivity contribution is 0.279. The molecule has 1 unspecified atom stereocenters. The highest BCUT2D eigenvalue weighted by molar-refractivity contribution is 5.46. The largest absolute Gasteiger partial charge is 0.493 e. The van der Waals surface area contributed by atoms with Gasteiger partial charge < -0.3 is 14.8 Å². The van der Waals surface area contributed by atoms with Crippen molar-refractivity contribution in [2.24, 2.45) is 5.41 Å². The van der Waals surface area contributed by atoms with Gasteiger partial charge >= 0.3 is 0 Å². The Morgan fingerprint density at radius 3 is 2.75 bits per heavy atom. The molecule has 0 heterocycles. The fourth-order valence-electron chi connectivity index (χ4n) is 3.14. The molecule has 1 aliphatic carbocycles. The molecule has 0 radical (unpaired) electrons. The summed E-state index contributed by atoms with van der Waals surface area (Å²) in [6, 6.07) is 6.69. The summed E-state index contributed by atoms with van der Waals surface area (Å²) in [7, 11) is 1.71. The summed E-state index contributed by atoms with van der Waals surface area (Å²) in [4.78, 5) is 0. The van der Waals surface area contributed by atoms with E-state index in [4.69, 9.17) is 9.47 Å². The predicted octanol–water partition coefficient (Wildman–Crippen LogP) is 3.76. The first-order valence-corrected chi connectivity index (χ1v) is 7.60. The van der Waals surface area contributed by atoms with Crippen molar-refractivity contribution in [2.75, 3.05) is 13.7 Å². The summed E-state index contributed by atoms with van der Waals surface area (Å²) in [5, 5.41) is 3.70. The van der Waals surface area contributed by atoms with E-state index in [-0.39, 0.29) is 0 Å². The summed E-state index contributed by atoms with van der Waals surface area (Å²) in [5.41, 5.74) is 1.56. The second-order valence-electron chi connectivity index (χ2n) is 6.20. The quantitative estimate of drug-likeness (QED) is 0.858. The minimum Gasteiger partial charge on any atom is -0.493 e. The second kappa shape index (κ2) is 6.49. The number of para-hydroxylation sites is 1. The normalized spacial score (nSPS) is 20.9. The number of nitrogens with one attached hydrogen (secondary N) is 1. The maximum Gasteiger partial charge on any atom is 0.165 e. The number of hydrogen-bond donors (Lipinski definition) is 1. The smallest absolute Gasteiger partial charge is 0.165 e. The molecule has 0 aromatic heterocycles. The van der Waals surface area contributed by atoms with Crippen LogP contribution in [0.15, 0.2) is 18.2 Å². The molecule has 0 aliphatic heterocycles. The molecule has 0 saturated heterocycles. The first kappa shape index (κ1) is 15.2. The van der Waals surface area contributed by atoms with Gasteiger partial charge in [-0.2, -0.15) is 0 Å². The van der Waals surface area contributed by atoms with Crippen LogP contribution >= 0.6 is 0 Å². The van der Waals surface area contributed by atoms with Crippen LogP contribution in [0.5, 0.6) is 11.5 Å². The van der Waals surface area contributed by atoms with Crippen molar-refractivity contribution in [3.8, 4) is 11.5 Å². The van der Waals surface area contributed by atoms with Gasteiger partial charge in [-0.25, -0.2) is 0 Å². The fourth-order valence-corrected chi connectivity index (χ4v) is 3.14. The summed E-state index contributed by atoms with van der Waals surface area (Å²) < 4.78 is 11.2. The maximum atomic E-state index is 5.63. The summed E-state index contributed by atoms with van der Waals surface area (Å²) >= 11 is 0. The molecule has 3 heteroatoms. The van der Waals surface area contributed by atoms with Gasteiger partial charge in [0.05, 0.1) is 13.7 Å². The van der Waals surface area contributed by atoms with Crippen LogP contribution < -0.4 is 14.8 Å². The van der Waals surface area contributed by atoms with Crippen molar-refractivity contribution < 1.29 is 9.47 Å². The Kier molecular flexibility index (Phi) is 4.92. The van der Waals surface area contributed by atoms with Crippen LogP contribution in [0.3, 0.4) is 0 Å². The third kappa shape index (κ3) is 3.26. The average Bonchev–Trinajstić information content (AvgIpc) is 2.76. The van der Waals surface area contributed by atoms with E-state index in [0.717, 1.165) is 18.0 Å². The van der Waals surface area contributed by atoms with Crippen LogP contribution in [-0.2, 0) is 6.54 Å². The molecule has 2 rings (SSSR count). The van der Waals surface area contributed by atoms with Crippen LogP contribution in [-0.4, -0.2) is 19.8 Å². The van der Waals surface area contributed by atoms with Crippen LogP contribution in [0.2, 0.25) is 0 Å². The average molecular weight is 277 g/mol. The molecule has 1 fully saturated rings. The van der Waals surface area contributed by atoms with Crippen molar-refractivity contribution in [1.82, 2.24) is 5.32 Å². The Hall–Kier alpha value is -1.22. The fraction of sp³-hybridized carbons (Fsp3) is 0.647. The summed E-state index contributed by atoms with van der Waals surface area (Å²) in [6.45, 7) is 8.18. The standard InChI is InChI=1S/C17H27NO2/c1-5-20-14-9-6-8-13(16(14)19-4)12-18-15-10-7-11-17(15,2)3/h6,8-9,15,18H,5,7,10-12H2,1-4H3. The monoisotopic (exact) mass is 277 g/mol. The molecular formula is C17H27NO2. The van der Waals surface area contributed by atoms with Crippen molar-refractivity contribution in [3.63, 3.8) is 0 Å². The van der Waals surface area contributed by atoms with E-state index in [0.29, 0.717) is 18.1 Å². The maximum absolute atomic E-state index is 5.63. The zero-order valence-electron chi connectivity index (χ0n) is 13.2.